The van der Waals surface area contributed by atoms with E-state index in [0.29, 0.717) is 0 Å². The lowest BCUT2D eigenvalue weighted by atomic mass is 10.2. The zero-order chi connectivity index (χ0) is 13.8. The van der Waals surface area contributed by atoms with Crippen molar-refractivity contribution in [3.63, 3.8) is 0 Å². The van der Waals surface area contributed by atoms with Gasteiger partial charge in [-0.25, -0.2) is 4.79 Å². The molecule has 0 aliphatic rings. The normalized spacial score (nSPS) is 11.2. The van der Waals surface area contributed by atoms with Crippen LogP contribution in [0.2, 0.25) is 0 Å². The molecule has 0 saturated carbocycles. The van der Waals surface area contributed by atoms with Crippen molar-refractivity contribution in [1.82, 2.24) is 10.2 Å². The van der Waals surface area contributed by atoms with Gasteiger partial charge in [0.25, 0.3) is 0 Å². The van der Waals surface area contributed by atoms with Gasteiger partial charge < -0.3 is 10.2 Å². The minimum absolute atomic E-state index is 0.247. The SMILES string of the molecule is CN(Cc1ccc(Br)cc1)C(=O)NCC(F)(F)F. The van der Waals surface area contributed by atoms with E-state index in [1.165, 1.54) is 11.9 Å². The third-order valence-electron chi connectivity index (χ3n) is 2.12. The predicted molar refractivity (Wildman–Crippen MR) is 65.1 cm³/mol. The molecule has 0 aromatic heterocycles. The molecule has 18 heavy (non-hydrogen) atoms. The highest BCUT2D eigenvalue weighted by Gasteiger charge is 2.28. The van der Waals surface area contributed by atoms with Crippen LogP contribution in [0.15, 0.2) is 28.7 Å². The maximum Gasteiger partial charge on any atom is 0.405 e. The Morgan fingerprint density at radius 2 is 1.89 bits per heavy atom. The largest absolute Gasteiger partial charge is 0.405 e. The number of hydrogen-bond donors (Lipinski definition) is 1. The molecule has 0 fully saturated rings. The van der Waals surface area contributed by atoms with E-state index in [4.69, 9.17) is 0 Å². The highest BCUT2D eigenvalue weighted by Crippen LogP contribution is 2.13. The Kier molecular flexibility index (Phi) is 5.01. The number of hydrogen-bond acceptors (Lipinski definition) is 1. The van der Waals surface area contributed by atoms with Gasteiger partial charge in [0, 0.05) is 18.1 Å². The van der Waals surface area contributed by atoms with Gasteiger partial charge in [-0.15, -0.1) is 0 Å². The first-order valence-corrected chi connectivity index (χ1v) is 5.87. The van der Waals surface area contributed by atoms with Crippen molar-refractivity contribution >= 4 is 22.0 Å². The molecule has 0 aliphatic carbocycles. The molecular formula is C11H12BrF3N2O. The van der Waals surface area contributed by atoms with E-state index in [2.05, 4.69) is 15.9 Å². The average Bonchev–Trinajstić information content (AvgIpc) is 2.28. The minimum Gasteiger partial charge on any atom is -0.329 e. The molecule has 3 nitrogen and oxygen atoms in total. The molecular weight excluding hydrogens is 313 g/mol. The summed E-state index contributed by atoms with van der Waals surface area (Å²) in [6, 6.07) is 6.43. The molecule has 0 atom stereocenters. The maximum absolute atomic E-state index is 11.9. The first-order chi connectivity index (χ1) is 8.28. The number of carbonyl (C=O) groups excluding carboxylic acids is 1. The Bertz CT molecular complexity index is 406. The molecule has 0 bridgehead atoms. The van der Waals surface area contributed by atoms with Crippen molar-refractivity contribution in [3.05, 3.63) is 34.3 Å². The smallest absolute Gasteiger partial charge is 0.329 e. The second-order valence-corrected chi connectivity index (χ2v) is 4.67. The zero-order valence-electron chi connectivity index (χ0n) is 9.59. The van der Waals surface area contributed by atoms with Gasteiger partial charge in [0.2, 0.25) is 0 Å². The lowest BCUT2D eigenvalue weighted by molar-refractivity contribution is -0.123. The number of amides is 2. The fourth-order valence-electron chi connectivity index (χ4n) is 1.25. The van der Waals surface area contributed by atoms with E-state index in [-0.39, 0.29) is 6.54 Å². The van der Waals surface area contributed by atoms with Gasteiger partial charge in [-0.3, -0.25) is 0 Å². The molecule has 0 aliphatic heterocycles. The number of rotatable bonds is 3. The number of nitrogens with zero attached hydrogens (tertiary/aromatic N) is 1. The molecule has 100 valence electrons. The van der Waals surface area contributed by atoms with E-state index in [1.54, 1.807) is 29.6 Å². The molecule has 0 saturated heterocycles. The molecule has 0 heterocycles. The van der Waals surface area contributed by atoms with Crippen molar-refractivity contribution in [2.24, 2.45) is 0 Å². The Morgan fingerprint density at radius 1 is 1.33 bits per heavy atom. The lowest BCUT2D eigenvalue weighted by Crippen LogP contribution is -2.41. The van der Waals surface area contributed by atoms with Crippen molar-refractivity contribution in [2.75, 3.05) is 13.6 Å². The van der Waals surface area contributed by atoms with Gasteiger partial charge in [-0.2, -0.15) is 13.2 Å². The summed E-state index contributed by atoms with van der Waals surface area (Å²) in [5.74, 6) is 0. The molecule has 1 aromatic carbocycles. The number of alkyl halides is 3. The van der Waals surface area contributed by atoms with Crippen LogP contribution in [0.4, 0.5) is 18.0 Å². The highest BCUT2D eigenvalue weighted by atomic mass is 79.9. The quantitative estimate of drug-likeness (QED) is 0.910. The number of benzene rings is 1. The first-order valence-electron chi connectivity index (χ1n) is 5.08. The van der Waals surface area contributed by atoms with Gasteiger partial charge in [0.1, 0.15) is 6.54 Å². The molecule has 7 heteroatoms. The number of nitrogens with one attached hydrogen (secondary N) is 1. The van der Waals surface area contributed by atoms with E-state index in [0.717, 1.165) is 10.0 Å². The van der Waals surface area contributed by atoms with Gasteiger partial charge in [-0.05, 0) is 17.7 Å². The minimum atomic E-state index is -4.39. The fraction of sp³-hybridized carbons (Fsp3) is 0.364. The molecule has 1 rings (SSSR count). The van der Waals surface area contributed by atoms with Crippen molar-refractivity contribution in [2.45, 2.75) is 12.7 Å². The second kappa shape index (κ2) is 6.08. The monoisotopic (exact) mass is 324 g/mol. The average molecular weight is 325 g/mol. The summed E-state index contributed by atoms with van der Waals surface area (Å²) in [6.45, 7) is -1.08. The van der Waals surface area contributed by atoms with E-state index in [9.17, 15) is 18.0 Å². The Morgan fingerprint density at radius 3 is 2.39 bits per heavy atom. The van der Waals surface area contributed by atoms with Gasteiger partial charge in [0.05, 0.1) is 0 Å². The topological polar surface area (TPSA) is 32.3 Å². The summed E-state index contributed by atoms with van der Waals surface area (Å²) < 4.78 is 36.6. The van der Waals surface area contributed by atoms with Crippen molar-refractivity contribution in [3.8, 4) is 0 Å². The molecule has 1 aromatic rings. The van der Waals surface area contributed by atoms with Crippen LogP contribution in [0.25, 0.3) is 0 Å². The number of urea groups is 1. The second-order valence-electron chi connectivity index (χ2n) is 3.76. The molecule has 2 amide bonds. The molecule has 0 unspecified atom stereocenters. The summed E-state index contributed by atoms with van der Waals surface area (Å²) in [4.78, 5) is 12.6. The lowest BCUT2D eigenvalue weighted by Gasteiger charge is -2.18. The third-order valence-corrected chi connectivity index (χ3v) is 2.65. The van der Waals surface area contributed by atoms with Crippen LogP contribution in [0.5, 0.6) is 0 Å². The van der Waals surface area contributed by atoms with Crippen molar-refractivity contribution < 1.29 is 18.0 Å². The summed E-state index contributed by atoms with van der Waals surface area (Å²) in [7, 11) is 1.44. The van der Waals surface area contributed by atoms with E-state index in [1.807, 2.05) is 0 Å². The molecule has 0 spiro atoms. The first kappa shape index (κ1) is 14.8. The van der Waals surface area contributed by atoms with Crippen LogP contribution in [-0.4, -0.2) is 30.7 Å². The Labute approximate surface area is 111 Å². The standard InChI is InChI=1S/C11H12BrF3N2O/c1-17(10(18)16-7-11(13,14)15)6-8-2-4-9(12)5-3-8/h2-5H,6-7H2,1H3,(H,16,18). The van der Waals surface area contributed by atoms with Gasteiger partial charge in [0.15, 0.2) is 0 Å². The summed E-state index contributed by atoms with van der Waals surface area (Å²) in [5, 5.41) is 1.81. The highest BCUT2D eigenvalue weighted by molar-refractivity contribution is 9.10. The van der Waals surface area contributed by atoms with Crippen LogP contribution in [0, 0.1) is 0 Å². The molecule has 1 N–H and O–H groups in total. The van der Waals surface area contributed by atoms with E-state index >= 15 is 0 Å². The molecule has 0 radical (unpaired) electrons. The van der Waals surface area contributed by atoms with Gasteiger partial charge in [-0.1, -0.05) is 28.1 Å². The van der Waals surface area contributed by atoms with Crippen LogP contribution in [0.1, 0.15) is 5.56 Å². The van der Waals surface area contributed by atoms with Crippen LogP contribution < -0.4 is 5.32 Å². The van der Waals surface area contributed by atoms with Crippen LogP contribution >= 0.6 is 15.9 Å². The summed E-state index contributed by atoms with van der Waals surface area (Å²) >= 11 is 3.27. The predicted octanol–water partition coefficient (Wildman–Crippen LogP) is 3.15. The number of carbonyl (C=O) groups is 1. The third kappa shape index (κ3) is 5.39. The van der Waals surface area contributed by atoms with Crippen LogP contribution in [0.3, 0.4) is 0 Å². The zero-order valence-corrected chi connectivity index (χ0v) is 11.2. The number of halogens is 4. The maximum atomic E-state index is 11.9. The van der Waals surface area contributed by atoms with E-state index < -0.39 is 18.8 Å². The fourth-order valence-corrected chi connectivity index (χ4v) is 1.51. The Balaban J connectivity index is 2.47. The Hall–Kier alpha value is -1.24. The van der Waals surface area contributed by atoms with Crippen molar-refractivity contribution in [1.29, 1.82) is 0 Å². The summed E-state index contributed by atoms with van der Waals surface area (Å²) in [6.07, 6.45) is -4.39. The summed E-state index contributed by atoms with van der Waals surface area (Å²) in [5.41, 5.74) is 0.836. The van der Waals surface area contributed by atoms with Crippen LogP contribution in [-0.2, 0) is 6.54 Å². The van der Waals surface area contributed by atoms with Gasteiger partial charge >= 0.3 is 12.2 Å².